The van der Waals surface area contributed by atoms with Crippen LogP contribution in [-0.2, 0) is 15.7 Å². The largest absolute Gasteiger partial charge is 0.587 e. The third-order valence-corrected chi connectivity index (χ3v) is 6.52. The van der Waals surface area contributed by atoms with E-state index in [9.17, 15) is 4.57 Å². The van der Waals surface area contributed by atoms with Gasteiger partial charge >= 0.3 is 7.82 Å². The first kappa shape index (κ1) is 18.7. The molecule has 0 aromatic heterocycles. The number of halogens is 2. The lowest BCUT2D eigenvalue weighted by atomic mass is 10.2. The summed E-state index contributed by atoms with van der Waals surface area (Å²) >= 11 is 13.6. The van der Waals surface area contributed by atoms with Gasteiger partial charge in [0.1, 0.15) is 11.5 Å². The number of rotatable bonds is 3. The van der Waals surface area contributed by atoms with Crippen LogP contribution < -0.4 is 9.05 Å². The molecule has 0 bridgehead atoms. The molecule has 0 aliphatic carbocycles. The zero-order valence-electron chi connectivity index (χ0n) is 13.8. The van der Waals surface area contributed by atoms with Gasteiger partial charge in [-0.3, -0.25) is 4.52 Å². The van der Waals surface area contributed by atoms with E-state index in [2.05, 4.69) is 0 Å². The summed E-state index contributed by atoms with van der Waals surface area (Å²) < 4.78 is 30.3. The Hall–Kier alpha value is -1.62. The highest BCUT2D eigenvalue weighted by molar-refractivity contribution is 7.99. The van der Waals surface area contributed by atoms with Crippen LogP contribution in [0.15, 0.2) is 76.5 Å². The first-order valence-electron chi connectivity index (χ1n) is 7.95. The molecular weight excluding hydrogens is 426 g/mol. The summed E-state index contributed by atoms with van der Waals surface area (Å²) in [5, 5.41) is 1.07. The van der Waals surface area contributed by atoms with E-state index in [1.54, 1.807) is 36.4 Å². The molecule has 1 aliphatic rings. The second-order valence-electron chi connectivity index (χ2n) is 5.67. The first-order valence-corrected chi connectivity index (χ1v) is 11.0. The van der Waals surface area contributed by atoms with Crippen molar-refractivity contribution in [3.05, 3.63) is 82.3 Å². The van der Waals surface area contributed by atoms with Crippen LogP contribution in [0, 0.1) is 0 Å². The zero-order chi connectivity index (χ0) is 18.9. The number of benzene rings is 3. The average molecular weight is 439 g/mol. The van der Waals surface area contributed by atoms with Crippen LogP contribution in [0.3, 0.4) is 0 Å². The minimum Gasteiger partial charge on any atom is -0.394 e. The van der Waals surface area contributed by atoms with Crippen LogP contribution in [0.1, 0.15) is 5.56 Å². The minimum absolute atomic E-state index is 0.0805. The topological polar surface area (TPSA) is 44.8 Å². The monoisotopic (exact) mass is 438 g/mol. The van der Waals surface area contributed by atoms with Gasteiger partial charge < -0.3 is 9.05 Å². The van der Waals surface area contributed by atoms with E-state index in [-0.39, 0.29) is 6.61 Å². The molecule has 8 heteroatoms. The third-order valence-electron chi connectivity index (χ3n) is 3.68. The zero-order valence-corrected chi connectivity index (χ0v) is 17.0. The van der Waals surface area contributed by atoms with Gasteiger partial charge in [-0.1, -0.05) is 65.3 Å². The van der Waals surface area contributed by atoms with Crippen molar-refractivity contribution in [1.82, 2.24) is 0 Å². The second kappa shape index (κ2) is 7.78. The molecule has 0 fully saturated rings. The molecular formula is C19H13Cl2O4PS. The fraction of sp³-hybridized carbons (Fsp3) is 0.0526. The standard InChI is InChI=1S/C19H13Cl2O4PS/c20-14-6-8-16-18(10-14)27-19-11-15(21)7-9-17(19)25-26(22,24-16)23-12-13-4-2-1-3-5-13/h1-11H,12H2. The molecule has 3 aromatic rings. The number of phosphoric ester groups is 1. The van der Waals surface area contributed by atoms with Crippen molar-refractivity contribution in [3.63, 3.8) is 0 Å². The quantitative estimate of drug-likeness (QED) is 0.403. The molecule has 0 atom stereocenters. The Kier molecular flexibility index (Phi) is 5.40. The highest BCUT2D eigenvalue weighted by Gasteiger charge is 2.35. The summed E-state index contributed by atoms with van der Waals surface area (Å²) in [5.41, 5.74) is 0.851. The van der Waals surface area contributed by atoms with Gasteiger partial charge in [0.2, 0.25) is 0 Å². The Morgan fingerprint density at radius 1 is 0.852 bits per heavy atom. The Bertz CT molecular complexity index is 972. The van der Waals surface area contributed by atoms with E-state index in [4.69, 9.17) is 36.8 Å². The molecule has 0 radical (unpaired) electrons. The molecule has 0 saturated heterocycles. The summed E-state index contributed by atoms with van der Waals surface area (Å²) in [6, 6.07) is 19.4. The van der Waals surface area contributed by atoms with Crippen LogP contribution in [0.25, 0.3) is 0 Å². The summed E-state index contributed by atoms with van der Waals surface area (Å²) in [5.74, 6) is 0.734. The van der Waals surface area contributed by atoms with E-state index in [1.807, 2.05) is 30.3 Å². The Morgan fingerprint density at radius 2 is 1.41 bits per heavy atom. The van der Waals surface area contributed by atoms with Crippen LogP contribution in [0.4, 0.5) is 0 Å². The van der Waals surface area contributed by atoms with Gasteiger partial charge in [-0.05, 0) is 42.0 Å². The molecule has 0 amide bonds. The Balaban J connectivity index is 1.72. The number of fused-ring (bicyclic) bond motifs is 2. The van der Waals surface area contributed by atoms with E-state index in [0.717, 1.165) is 5.56 Å². The molecule has 0 saturated carbocycles. The molecule has 1 heterocycles. The fourth-order valence-corrected chi connectivity index (χ4v) is 5.31. The smallest absolute Gasteiger partial charge is 0.394 e. The average Bonchev–Trinajstić information content (AvgIpc) is 2.65. The van der Waals surface area contributed by atoms with Crippen LogP contribution in [0.2, 0.25) is 10.0 Å². The fourth-order valence-electron chi connectivity index (χ4n) is 2.43. The van der Waals surface area contributed by atoms with E-state index < -0.39 is 7.82 Å². The van der Waals surface area contributed by atoms with Crippen molar-refractivity contribution in [1.29, 1.82) is 0 Å². The number of hydrogen-bond acceptors (Lipinski definition) is 5. The molecule has 3 aromatic carbocycles. The van der Waals surface area contributed by atoms with Gasteiger partial charge in [0.05, 0.1) is 16.4 Å². The van der Waals surface area contributed by atoms with Crippen molar-refractivity contribution in [3.8, 4) is 11.5 Å². The van der Waals surface area contributed by atoms with Crippen molar-refractivity contribution < 1.29 is 18.1 Å². The molecule has 4 nitrogen and oxygen atoms in total. The molecule has 0 spiro atoms. The predicted octanol–water partition coefficient (Wildman–Crippen LogP) is 7.24. The lowest BCUT2D eigenvalue weighted by Gasteiger charge is -2.24. The molecule has 27 heavy (non-hydrogen) atoms. The minimum atomic E-state index is -3.94. The van der Waals surface area contributed by atoms with Gasteiger partial charge in [-0.25, -0.2) is 4.57 Å². The number of phosphoric acid groups is 1. The Labute approximate surface area is 171 Å². The second-order valence-corrected chi connectivity index (χ2v) is 9.15. The van der Waals surface area contributed by atoms with Crippen LogP contribution in [0.5, 0.6) is 11.5 Å². The lowest BCUT2D eigenvalue weighted by molar-refractivity contribution is 0.198. The van der Waals surface area contributed by atoms with Crippen molar-refractivity contribution in [2.24, 2.45) is 0 Å². The first-order chi connectivity index (χ1) is 13.0. The summed E-state index contributed by atoms with van der Waals surface area (Å²) in [6.07, 6.45) is 0. The van der Waals surface area contributed by atoms with E-state index >= 15 is 0 Å². The van der Waals surface area contributed by atoms with Crippen LogP contribution in [-0.4, -0.2) is 0 Å². The van der Waals surface area contributed by atoms with Gasteiger partial charge in [0.15, 0.2) is 0 Å². The Morgan fingerprint density at radius 3 is 1.96 bits per heavy atom. The normalized spacial score (nSPS) is 14.7. The van der Waals surface area contributed by atoms with Gasteiger partial charge in [-0.15, -0.1) is 0 Å². The summed E-state index contributed by atoms with van der Waals surface area (Å²) in [6.45, 7) is 0.0805. The molecule has 0 N–H and O–H groups in total. The van der Waals surface area contributed by atoms with Crippen LogP contribution >= 0.6 is 42.8 Å². The maximum Gasteiger partial charge on any atom is 0.587 e. The van der Waals surface area contributed by atoms with Crippen molar-refractivity contribution in [2.75, 3.05) is 0 Å². The van der Waals surface area contributed by atoms with E-state index in [0.29, 0.717) is 31.3 Å². The molecule has 1 aliphatic heterocycles. The highest BCUT2D eigenvalue weighted by Crippen LogP contribution is 2.57. The molecule has 138 valence electrons. The van der Waals surface area contributed by atoms with Crippen molar-refractivity contribution >= 4 is 42.8 Å². The predicted molar refractivity (Wildman–Crippen MR) is 107 cm³/mol. The van der Waals surface area contributed by atoms with Gasteiger partial charge in [0, 0.05) is 10.0 Å². The van der Waals surface area contributed by atoms with Crippen molar-refractivity contribution in [2.45, 2.75) is 16.4 Å². The SMILES string of the molecule is O=P1(OCc2ccccc2)Oc2ccc(Cl)cc2Sc2cc(Cl)ccc2O1. The van der Waals surface area contributed by atoms with E-state index in [1.165, 1.54) is 11.8 Å². The summed E-state index contributed by atoms with van der Waals surface area (Å²) in [4.78, 5) is 1.38. The summed E-state index contributed by atoms with van der Waals surface area (Å²) in [7, 11) is -3.94. The highest BCUT2D eigenvalue weighted by atomic mass is 35.5. The maximum atomic E-state index is 13.3. The maximum absolute atomic E-state index is 13.3. The van der Waals surface area contributed by atoms with Gasteiger partial charge in [-0.2, -0.15) is 0 Å². The third kappa shape index (κ3) is 4.45. The van der Waals surface area contributed by atoms with Gasteiger partial charge in [0.25, 0.3) is 0 Å². The number of hydrogen-bond donors (Lipinski definition) is 0. The molecule has 0 unspecified atom stereocenters. The lowest BCUT2D eigenvalue weighted by Crippen LogP contribution is -2.08. The molecule has 4 rings (SSSR count).